The lowest BCUT2D eigenvalue weighted by Crippen LogP contribution is -2.22. The molecular weight excluding hydrogens is 280 g/mol. The zero-order chi connectivity index (χ0) is 16.1. The number of aromatic amines is 1. The molecular formula is C16H22N4O2. The smallest absolute Gasteiger partial charge is 0.317 e. The molecule has 1 aromatic heterocycles. The summed E-state index contributed by atoms with van der Waals surface area (Å²) < 4.78 is 0. The number of hydrogen-bond donors (Lipinski definition) is 4. The molecule has 0 saturated carbocycles. The number of nitrogens with one attached hydrogen (secondary N) is 2. The van der Waals surface area contributed by atoms with Gasteiger partial charge in [-0.2, -0.15) is 0 Å². The number of carbonyl (C=O) groups excluding carboxylic acids is 2. The lowest BCUT2D eigenvalue weighted by atomic mass is 10.0. The van der Waals surface area contributed by atoms with E-state index in [1.54, 1.807) is 0 Å². The average molecular weight is 302 g/mol. The van der Waals surface area contributed by atoms with Crippen LogP contribution < -0.4 is 16.8 Å². The van der Waals surface area contributed by atoms with E-state index in [0.717, 1.165) is 18.4 Å². The van der Waals surface area contributed by atoms with Crippen molar-refractivity contribution in [3.05, 3.63) is 29.3 Å². The number of fused-ring (bicyclic) bond motifs is 1. The van der Waals surface area contributed by atoms with Gasteiger partial charge in [-0.3, -0.25) is 10.1 Å². The maximum atomic E-state index is 11.6. The van der Waals surface area contributed by atoms with Gasteiger partial charge in [0.05, 0.1) is 5.56 Å². The minimum atomic E-state index is -0.742. The molecule has 0 atom stereocenters. The number of rotatable bonds is 7. The fourth-order valence-corrected chi connectivity index (χ4v) is 2.63. The highest BCUT2D eigenvalue weighted by Gasteiger charge is 2.17. The number of hydrogen-bond acceptors (Lipinski definition) is 2. The van der Waals surface area contributed by atoms with Crippen LogP contribution in [0.1, 0.15) is 48.5 Å². The fraction of sp³-hybridized carbons (Fsp3) is 0.375. The molecule has 0 bridgehead atoms. The molecule has 0 spiro atoms. The summed E-state index contributed by atoms with van der Waals surface area (Å²) in [4.78, 5) is 25.7. The molecule has 22 heavy (non-hydrogen) atoms. The number of carbonyl (C=O) groups is 2. The largest absolute Gasteiger partial charge is 0.365 e. The Bertz CT molecular complexity index is 691. The van der Waals surface area contributed by atoms with Gasteiger partial charge in [-0.05, 0) is 24.5 Å². The van der Waals surface area contributed by atoms with E-state index in [0.29, 0.717) is 5.39 Å². The van der Waals surface area contributed by atoms with Crippen molar-refractivity contribution in [2.45, 2.75) is 39.0 Å². The molecule has 0 aliphatic heterocycles. The predicted molar refractivity (Wildman–Crippen MR) is 87.9 cm³/mol. The summed E-state index contributed by atoms with van der Waals surface area (Å²) in [6.07, 6.45) is 5.78. The number of primary amides is 2. The highest BCUT2D eigenvalue weighted by atomic mass is 16.2. The second-order valence-corrected chi connectivity index (χ2v) is 5.42. The topological polar surface area (TPSA) is 114 Å². The Morgan fingerprint density at radius 3 is 2.59 bits per heavy atom. The van der Waals surface area contributed by atoms with Crippen molar-refractivity contribution in [1.29, 1.82) is 0 Å². The first-order valence-corrected chi connectivity index (χ1v) is 7.53. The molecule has 6 N–H and O–H groups in total. The Labute approximate surface area is 129 Å². The first-order valence-electron chi connectivity index (χ1n) is 7.53. The molecule has 0 unspecified atom stereocenters. The van der Waals surface area contributed by atoms with E-state index in [1.165, 1.54) is 24.8 Å². The number of aromatic nitrogens is 1. The Morgan fingerprint density at radius 1 is 1.18 bits per heavy atom. The molecule has 1 heterocycles. The monoisotopic (exact) mass is 302 g/mol. The first-order chi connectivity index (χ1) is 10.5. The molecule has 0 aliphatic carbocycles. The van der Waals surface area contributed by atoms with Gasteiger partial charge in [-0.1, -0.05) is 38.3 Å². The highest BCUT2D eigenvalue weighted by Crippen LogP contribution is 2.27. The number of nitrogens with two attached hydrogens (primary N) is 2. The zero-order valence-corrected chi connectivity index (χ0v) is 12.7. The molecule has 6 nitrogen and oxygen atoms in total. The molecule has 2 rings (SSSR count). The summed E-state index contributed by atoms with van der Waals surface area (Å²) in [6.45, 7) is 2.18. The van der Waals surface area contributed by atoms with Gasteiger partial charge >= 0.3 is 6.03 Å². The molecule has 3 amide bonds. The van der Waals surface area contributed by atoms with Crippen LogP contribution in [0.4, 0.5) is 10.6 Å². The number of unbranched alkanes of at least 4 members (excludes halogenated alkanes) is 3. The lowest BCUT2D eigenvalue weighted by molar-refractivity contribution is 0.100. The summed E-state index contributed by atoms with van der Waals surface area (Å²) in [5.41, 5.74) is 12.7. The number of urea groups is 1. The minimum absolute atomic E-state index is 0.248. The zero-order valence-electron chi connectivity index (χ0n) is 12.7. The van der Waals surface area contributed by atoms with Gasteiger partial charge in [-0.25, -0.2) is 4.79 Å². The quantitative estimate of drug-likeness (QED) is 0.589. The Kier molecular flexibility index (Phi) is 5.04. The summed E-state index contributed by atoms with van der Waals surface area (Å²) in [7, 11) is 0. The van der Waals surface area contributed by atoms with Gasteiger partial charge in [0.15, 0.2) is 0 Å². The highest BCUT2D eigenvalue weighted by molar-refractivity contribution is 6.12. The summed E-state index contributed by atoms with van der Waals surface area (Å²) >= 11 is 0. The van der Waals surface area contributed by atoms with Gasteiger partial charge in [0.1, 0.15) is 5.82 Å². The summed E-state index contributed by atoms with van der Waals surface area (Å²) in [5.74, 6) is -0.358. The number of amides is 3. The van der Waals surface area contributed by atoms with E-state index in [1.807, 2.05) is 18.2 Å². The van der Waals surface area contributed by atoms with Crippen molar-refractivity contribution in [2.24, 2.45) is 11.5 Å². The third kappa shape index (κ3) is 3.58. The van der Waals surface area contributed by atoms with E-state index in [2.05, 4.69) is 17.2 Å². The predicted octanol–water partition coefficient (Wildman–Crippen LogP) is 2.88. The van der Waals surface area contributed by atoms with Crippen LogP contribution in [-0.2, 0) is 6.42 Å². The minimum Gasteiger partial charge on any atom is -0.365 e. The van der Waals surface area contributed by atoms with Crippen molar-refractivity contribution in [2.75, 3.05) is 5.32 Å². The van der Waals surface area contributed by atoms with Crippen LogP contribution in [0.3, 0.4) is 0 Å². The summed E-state index contributed by atoms with van der Waals surface area (Å²) in [6, 6.07) is 5.09. The number of anilines is 1. The van der Waals surface area contributed by atoms with Crippen LogP contribution in [0.5, 0.6) is 0 Å². The maximum absolute atomic E-state index is 11.6. The van der Waals surface area contributed by atoms with E-state index >= 15 is 0 Å². The molecule has 0 aliphatic rings. The van der Waals surface area contributed by atoms with Crippen molar-refractivity contribution in [3.63, 3.8) is 0 Å². The first kappa shape index (κ1) is 15.9. The third-order valence-corrected chi connectivity index (χ3v) is 3.68. The average Bonchev–Trinajstić information content (AvgIpc) is 2.79. The van der Waals surface area contributed by atoms with Crippen molar-refractivity contribution >= 4 is 28.7 Å². The molecule has 0 saturated heterocycles. The molecule has 118 valence electrons. The standard InChI is InChI=1S/C16H22N4O2/c1-2-3-4-5-6-10-7-8-11-12(9-10)19-15(20-16(18)22)13(11)14(17)21/h7-9,19H,2-6H2,1H3,(H2,17,21)(H3,18,20,22). The van der Waals surface area contributed by atoms with Crippen molar-refractivity contribution < 1.29 is 9.59 Å². The second kappa shape index (κ2) is 6.98. The molecule has 2 aromatic rings. The van der Waals surface area contributed by atoms with Crippen molar-refractivity contribution in [1.82, 2.24) is 4.98 Å². The van der Waals surface area contributed by atoms with Gasteiger partial charge in [0, 0.05) is 10.9 Å². The van der Waals surface area contributed by atoms with E-state index in [9.17, 15) is 9.59 Å². The lowest BCUT2D eigenvalue weighted by Gasteiger charge is -2.02. The van der Waals surface area contributed by atoms with Crippen LogP contribution in [0, 0.1) is 0 Å². The van der Waals surface area contributed by atoms with Crippen LogP contribution >= 0.6 is 0 Å². The Hall–Kier alpha value is -2.50. The third-order valence-electron chi connectivity index (χ3n) is 3.68. The molecule has 0 radical (unpaired) electrons. The van der Waals surface area contributed by atoms with E-state index < -0.39 is 11.9 Å². The van der Waals surface area contributed by atoms with Gasteiger partial charge in [0.2, 0.25) is 0 Å². The molecule has 1 aromatic carbocycles. The molecule has 6 heteroatoms. The van der Waals surface area contributed by atoms with E-state index in [4.69, 9.17) is 11.5 Å². The van der Waals surface area contributed by atoms with Crippen LogP contribution in [0.25, 0.3) is 10.9 Å². The van der Waals surface area contributed by atoms with Crippen LogP contribution in [0.15, 0.2) is 18.2 Å². The Morgan fingerprint density at radius 2 is 1.95 bits per heavy atom. The van der Waals surface area contributed by atoms with Gasteiger partial charge in [0.25, 0.3) is 5.91 Å². The SMILES string of the molecule is CCCCCCc1ccc2c(C(N)=O)c(NC(N)=O)[nH]c2c1. The van der Waals surface area contributed by atoms with E-state index in [-0.39, 0.29) is 11.4 Å². The number of H-pyrrole nitrogens is 1. The number of aryl methyl sites for hydroxylation is 1. The Balaban J connectivity index is 2.29. The fourth-order valence-electron chi connectivity index (χ4n) is 2.63. The second-order valence-electron chi connectivity index (χ2n) is 5.42. The van der Waals surface area contributed by atoms with Crippen LogP contribution in [0.2, 0.25) is 0 Å². The van der Waals surface area contributed by atoms with Crippen molar-refractivity contribution in [3.8, 4) is 0 Å². The molecule has 0 fully saturated rings. The van der Waals surface area contributed by atoms with Gasteiger partial charge < -0.3 is 16.5 Å². The normalized spacial score (nSPS) is 10.8. The number of benzene rings is 1. The van der Waals surface area contributed by atoms with Crippen LogP contribution in [-0.4, -0.2) is 16.9 Å². The maximum Gasteiger partial charge on any atom is 0.317 e. The summed E-state index contributed by atoms with van der Waals surface area (Å²) in [5, 5.41) is 3.09. The van der Waals surface area contributed by atoms with Gasteiger partial charge in [-0.15, -0.1) is 0 Å².